The topological polar surface area (TPSA) is 84.6 Å². The lowest BCUT2D eigenvalue weighted by molar-refractivity contribution is 0.608. The van der Waals surface area contributed by atoms with Gasteiger partial charge in [0.25, 0.3) is 10.0 Å². The minimum absolute atomic E-state index is 0.126. The molecule has 0 saturated heterocycles. The van der Waals surface area contributed by atoms with Crippen molar-refractivity contribution in [2.24, 2.45) is 10.2 Å². The molecule has 1 aliphatic heterocycles. The molecule has 0 amide bonds. The fourth-order valence-electron chi connectivity index (χ4n) is 0.532. The minimum Gasteiger partial charge on any atom is -0.305 e. The molecule has 0 spiro atoms. The SMILES string of the molecule is NS(=O)(=O)C1=NNCC=C1. The van der Waals surface area contributed by atoms with Gasteiger partial charge in [-0.05, 0) is 6.08 Å². The summed E-state index contributed by atoms with van der Waals surface area (Å²) in [4.78, 5) is 0. The van der Waals surface area contributed by atoms with E-state index in [1.807, 2.05) is 0 Å². The molecule has 3 N–H and O–H groups in total. The van der Waals surface area contributed by atoms with Crippen LogP contribution in [0.15, 0.2) is 17.3 Å². The normalized spacial score (nSPS) is 17.9. The maximum absolute atomic E-state index is 10.5. The fourth-order valence-corrected chi connectivity index (χ4v) is 1.01. The third kappa shape index (κ3) is 1.55. The molecule has 0 aliphatic carbocycles. The van der Waals surface area contributed by atoms with E-state index in [9.17, 15) is 8.42 Å². The first-order chi connectivity index (χ1) is 4.61. The molecule has 0 bridgehead atoms. The van der Waals surface area contributed by atoms with Crippen molar-refractivity contribution in [3.8, 4) is 0 Å². The summed E-state index contributed by atoms with van der Waals surface area (Å²) in [7, 11) is -3.63. The number of hydrazone groups is 1. The minimum atomic E-state index is -3.63. The summed E-state index contributed by atoms with van der Waals surface area (Å²) in [6.45, 7) is 0.541. The Kier molecular flexibility index (Phi) is 1.73. The first-order valence-corrected chi connectivity index (χ1v) is 4.15. The Labute approximate surface area is 58.7 Å². The van der Waals surface area contributed by atoms with Gasteiger partial charge in [0.1, 0.15) is 0 Å². The standard InChI is InChI=1S/C4H7N3O2S/c5-10(8,9)4-2-1-3-6-7-4/h1-2,6H,3H2,(H2,5,8,9). The molecule has 0 aromatic heterocycles. The summed E-state index contributed by atoms with van der Waals surface area (Å²) in [6.07, 6.45) is 3.00. The summed E-state index contributed by atoms with van der Waals surface area (Å²) in [5.41, 5.74) is 2.48. The molecule has 1 aliphatic rings. The second-order valence-corrected chi connectivity index (χ2v) is 3.27. The van der Waals surface area contributed by atoms with Gasteiger partial charge in [-0.25, -0.2) is 13.6 Å². The number of hydrogen-bond donors (Lipinski definition) is 2. The van der Waals surface area contributed by atoms with Gasteiger partial charge >= 0.3 is 0 Å². The van der Waals surface area contributed by atoms with E-state index in [0.29, 0.717) is 6.54 Å². The Morgan fingerprint density at radius 2 is 2.40 bits per heavy atom. The van der Waals surface area contributed by atoms with Gasteiger partial charge in [-0.3, -0.25) is 0 Å². The molecular formula is C4H7N3O2S. The van der Waals surface area contributed by atoms with Crippen LogP contribution in [0.2, 0.25) is 0 Å². The maximum Gasteiger partial charge on any atom is 0.257 e. The van der Waals surface area contributed by atoms with Crippen LogP contribution in [0.3, 0.4) is 0 Å². The average molecular weight is 161 g/mol. The van der Waals surface area contributed by atoms with E-state index in [1.54, 1.807) is 6.08 Å². The predicted octanol–water partition coefficient (Wildman–Crippen LogP) is -1.25. The number of primary sulfonamides is 1. The Hall–Kier alpha value is -0.880. The largest absolute Gasteiger partial charge is 0.305 e. The van der Waals surface area contributed by atoms with Crippen molar-refractivity contribution in [2.45, 2.75) is 0 Å². The molecule has 5 nitrogen and oxygen atoms in total. The monoisotopic (exact) mass is 161 g/mol. The summed E-state index contributed by atoms with van der Waals surface area (Å²) in [6, 6.07) is 0. The third-order valence-corrected chi connectivity index (χ3v) is 1.76. The Balaban J connectivity index is 2.94. The fraction of sp³-hybridized carbons (Fsp3) is 0.250. The molecule has 0 fully saturated rings. The van der Waals surface area contributed by atoms with Gasteiger partial charge in [-0.15, -0.1) is 0 Å². The van der Waals surface area contributed by atoms with E-state index in [4.69, 9.17) is 5.14 Å². The van der Waals surface area contributed by atoms with Crippen molar-refractivity contribution in [3.63, 3.8) is 0 Å². The summed E-state index contributed by atoms with van der Waals surface area (Å²) in [5.74, 6) is 0. The lowest BCUT2D eigenvalue weighted by Gasteiger charge is -2.03. The number of nitrogens with zero attached hydrogens (tertiary/aromatic N) is 1. The predicted molar refractivity (Wildman–Crippen MR) is 37.7 cm³/mol. The molecule has 0 aromatic carbocycles. The summed E-state index contributed by atoms with van der Waals surface area (Å²) in [5, 5.41) is 8.10. The molecule has 0 unspecified atom stereocenters. The van der Waals surface area contributed by atoms with Gasteiger partial charge in [-0.1, -0.05) is 6.08 Å². The van der Waals surface area contributed by atoms with E-state index in [-0.39, 0.29) is 5.04 Å². The van der Waals surface area contributed by atoms with Crippen molar-refractivity contribution in [3.05, 3.63) is 12.2 Å². The molecule has 1 heterocycles. The molecular weight excluding hydrogens is 154 g/mol. The van der Waals surface area contributed by atoms with Gasteiger partial charge < -0.3 is 5.43 Å². The first kappa shape index (κ1) is 7.23. The van der Waals surface area contributed by atoms with Crippen molar-refractivity contribution >= 4 is 15.1 Å². The van der Waals surface area contributed by atoms with E-state index in [2.05, 4.69) is 10.5 Å². The highest BCUT2D eigenvalue weighted by Crippen LogP contribution is 1.91. The number of nitrogens with two attached hydrogens (primary N) is 1. The van der Waals surface area contributed by atoms with Crippen LogP contribution in [0.25, 0.3) is 0 Å². The maximum atomic E-state index is 10.5. The number of nitrogens with one attached hydrogen (secondary N) is 1. The van der Waals surface area contributed by atoms with Crippen LogP contribution in [0.1, 0.15) is 0 Å². The average Bonchev–Trinajstić information content (AvgIpc) is 1.88. The second kappa shape index (κ2) is 2.39. The zero-order valence-corrected chi connectivity index (χ0v) is 5.93. The van der Waals surface area contributed by atoms with E-state index in [0.717, 1.165) is 0 Å². The molecule has 0 atom stereocenters. The van der Waals surface area contributed by atoms with Crippen LogP contribution in [0.5, 0.6) is 0 Å². The van der Waals surface area contributed by atoms with Crippen LogP contribution in [-0.2, 0) is 10.0 Å². The van der Waals surface area contributed by atoms with Crippen LogP contribution in [0.4, 0.5) is 0 Å². The van der Waals surface area contributed by atoms with Crippen molar-refractivity contribution in [1.82, 2.24) is 5.43 Å². The smallest absolute Gasteiger partial charge is 0.257 e. The number of sulfonamides is 1. The highest BCUT2D eigenvalue weighted by molar-refractivity contribution is 8.04. The first-order valence-electron chi connectivity index (χ1n) is 2.60. The van der Waals surface area contributed by atoms with E-state index < -0.39 is 10.0 Å². The molecule has 0 aromatic rings. The third-order valence-electron chi connectivity index (χ3n) is 0.950. The van der Waals surface area contributed by atoms with Crippen LogP contribution >= 0.6 is 0 Å². The van der Waals surface area contributed by atoms with Gasteiger partial charge in [0.2, 0.25) is 0 Å². The molecule has 10 heavy (non-hydrogen) atoms. The number of hydrogen-bond acceptors (Lipinski definition) is 4. The summed E-state index contributed by atoms with van der Waals surface area (Å²) >= 11 is 0. The highest BCUT2D eigenvalue weighted by Gasteiger charge is 2.11. The van der Waals surface area contributed by atoms with Crippen molar-refractivity contribution in [1.29, 1.82) is 0 Å². The zero-order valence-electron chi connectivity index (χ0n) is 5.11. The van der Waals surface area contributed by atoms with Gasteiger partial charge in [0.15, 0.2) is 5.04 Å². The Morgan fingerprint density at radius 1 is 1.70 bits per heavy atom. The zero-order chi connectivity index (χ0) is 7.61. The highest BCUT2D eigenvalue weighted by atomic mass is 32.2. The van der Waals surface area contributed by atoms with Crippen molar-refractivity contribution < 1.29 is 8.42 Å². The van der Waals surface area contributed by atoms with Gasteiger partial charge in [0.05, 0.1) is 6.54 Å². The van der Waals surface area contributed by atoms with Crippen molar-refractivity contribution in [2.75, 3.05) is 6.54 Å². The van der Waals surface area contributed by atoms with Gasteiger partial charge in [0, 0.05) is 0 Å². The second-order valence-electron chi connectivity index (χ2n) is 1.76. The molecule has 0 saturated carbocycles. The molecule has 56 valence electrons. The Morgan fingerprint density at radius 3 is 2.70 bits per heavy atom. The van der Waals surface area contributed by atoms with Gasteiger partial charge in [-0.2, -0.15) is 5.10 Å². The van der Waals surface area contributed by atoms with Crippen LogP contribution < -0.4 is 10.6 Å². The Bertz CT molecular complexity index is 277. The molecule has 6 heteroatoms. The van der Waals surface area contributed by atoms with E-state index in [1.165, 1.54) is 6.08 Å². The van der Waals surface area contributed by atoms with E-state index >= 15 is 0 Å². The van der Waals surface area contributed by atoms with Crippen LogP contribution in [-0.4, -0.2) is 20.0 Å². The molecule has 0 radical (unpaired) electrons. The van der Waals surface area contributed by atoms with Crippen LogP contribution in [0, 0.1) is 0 Å². The summed E-state index contributed by atoms with van der Waals surface area (Å²) < 4.78 is 21.1. The molecule has 1 rings (SSSR count). The lowest BCUT2D eigenvalue weighted by Crippen LogP contribution is -2.26. The quantitative estimate of drug-likeness (QED) is 0.465. The number of rotatable bonds is 0. The lowest BCUT2D eigenvalue weighted by atomic mass is 10.5.